The van der Waals surface area contributed by atoms with Crippen LogP contribution in [0.15, 0.2) is 12.1 Å². The number of rotatable bonds is 3. The minimum atomic E-state index is 0.658. The smallest absolute Gasteiger partial charge is 0.401 e. The highest BCUT2D eigenvalue weighted by Gasteiger charge is 2.22. The summed E-state index contributed by atoms with van der Waals surface area (Å²) in [5, 5.41) is 3.77. The normalized spacial score (nSPS) is 13.3. The van der Waals surface area contributed by atoms with E-state index in [0.29, 0.717) is 5.17 Å². The fourth-order valence-corrected chi connectivity index (χ4v) is 2.70. The molecular formula is C15H21N2O2S+. The molecule has 0 radical (unpaired) electrons. The molecule has 0 aliphatic heterocycles. The van der Waals surface area contributed by atoms with Crippen LogP contribution in [0.3, 0.4) is 0 Å². The molecule has 0 fully saturated rings. The van der Waals surface area contributed by atoms with E-state index in [-0.39, 0.29) is 0 Å². The Morgan fingerprint density at radius 2 is 1.95 bits per heavy atom. The van der Waals surface area contributed by atoms with Gasteiger partial charge in [-0.05, 0) is 50.1 Å². The number of hydrogen-bond donors (Lipinski definition) is 2. The number of methoxy groups -OCH3 is 2. The number of nitrogens with one attached hydrogen (secondary N) is 1. The van der Waals surface area contributed by atoms with Crippen LogP contribution in [-0.4, -0.2) is 31.6 Å². The molecule has 0 saturated carbocycles. The molecule has 0 unspecified atom stereocenters. The van der Waals surface area contributed by atoms with Gasteiger partial charge in [0.05, 0.1) is 20.8 Å². The molecule has 108 valence electrons. The van der Waals surface area contributed by atoms with Crippen LogP contribution < -0.4 is 19.5 Å². The highest BCUT2D eigenvalue weighted by Crippen LogP contribution is 2.33. The number of nitrogens with zero attached hydrogens (tertiary/aromatic N) is 1. The number of hydrogen-bond acceptors (Lipinski definition) is 2. The van der Waals surface area contributed by atoms with Crippen molar-refractivity contribution in [1.82, 2.24) is 9.98 Å². The molecule has 0 heterocycles. The molecular weight excluding hydrogens is 272 g/mol. The molecule has 1 aromatic rings. The van der Waals surface area contributed by atoms with Crippen molar-refractivity contribution in [1.29, 1.82) is 0 Å². The molecule has 20 heavy (non-hydrogen) atoms. The Morgan fingerprint density at radius 3 is 2.60 bits per heavy atom. The Bertz CT molecular complexity index is 563. The summed E-state index contributed by atoms with van der Waals surface area (Å²) in [5.41, 5.74) is 3.45. The summed E-state index contributed by atoms with van der Waals surface area (Å²) in [7, 11) is 3.31. The number of amidine groups is 1. The monoisotopic (exact) mass is 293 g/mol. The van der Waals surface area contributed by atoms with Crippen molar-refractivity contribution in [2.45, 2.75) is 26.2 Å². The molecule has 0 spiro atoms. The molecule has 0 atom stereocenters. The second kappa shape index (κ2) is 6.73. The van der Waals surface area contributed by atoms with E-state index < -0.39 is 0 Å². The predicted molar refractivity (Wildman–Crippen MR) is 86.4 cm³/mol. The lowest BCUT2D eigenvalue weighted by Crippen LogP contribution is -2.23. The van der Waals surface area contributed by atoms with Crippen LogP contribution in [0.1, 0.15) is 30.9 Å². The molecule has 1 aliphatic rings. The second-order valence-electron chi connectivity index (χ2n) is 4.63. The van der Waals surface area contributed by atoms with Crippen molar-refractivity contribution in [3.8, 4) is 11.5 Å². The van der Waals surface area contributed by atoms with Gasteiger partial charge in [-0.15, -0.1) is 0 Å². The molecule has 0 bridgehead atoms. The van der Waals surface area contributed by atoms with E-state index >= 15 is 0 Å². The van der Waals surface area contributed by atoms with Gasteiger partial charge >= 0.3 is 5.17 Å². The topological polar surface area (TPSA) is 44.6 Å². The fraction of sp³-hybridized carbons (Fsp3) is 0.467. The number of benzene rings is 1. The summed E-state index contributed by atoms with van der Waals surface area (Å²) in [4.78, 5) is 0. The molecule has 0 saturated heterocycles. The maximum atomic E-state index is 5.38. The standard InChI is InChI=1S/C15H20N2O2S/c1-4-16-15(20)17-12-7-5-6-10-8-13(18-2)14(19-3)9-11(10)12/h8-9H,4-7H2,1-3H3,(H,16,20)/p+1. The van der Waals surface area contributed by atoms with E-state index in [1.165, 1.54) is 5.56 Å². The Morgan fingerprint density at radius 1 is 1.25 bits per heavy atom. The predicted octanol–water partition coefficient (Wildman–Crippen LogP) is 1.79. The average Bonchev–Trinajstić information content (AvgIpc) is 2.46. The summed E-state index contributed by atoms with van der Waals surface area (Å²) in [5.74, 6) is 1.51. The van der Waals surface area contributed by atoms with Gasteiger partial charge in [-0.2, -0.15) is 0 Å². The van der Waals surface area contributed by atoms with Crippen molar-refractivity contribution < 1.29 is 9.47 Å². The van der Waals surface area contributed by atoms with E-state index in [1.54, 1.807) is 14.2 Å². The highest BCUT2D eigenvalue weighted by molar-refractivity contribution is 7.96. The van der Waals surface area contributed by atoms with Crippen LogP contribution in [-0.2, 0) is 6.42 Å². The number of fused-ring (bicyclic) bond motifs is 1. The zero-order valence-corrected chi connectivity index (χ0v) is 13.1. The van der Waals surface area contributed by atoms with Crippen molar-refractivity contribution in [3.63, 3.8) is 0 Å². The Hall–Kier alpha value is -1.58. The zero-order chi connectivity index (χ0) is 14.5. The Labute approximate surface area is 125 Å². The molecule has 0 aromatic heterocycles. The van der Waals surface area contributed by atoms with Gasteiger partial charge in [0.25, 0.3) is 0 Å². The summed E-state index contributed by atoms with van der Waals surface area (Å²) in [6, 6.07) is 4.06. The van der Waals surface area contributed by atoms with Crippen LogP contribution in [0.4, 0.5) is 0 Å². The third-order valence-electron chi connectivity index (χ3n) is 3.36. The van der Waals surface area contributed by atoms with Gasteiger partial charge in [-0.25, -0.2) is 4.67 Å². The van der Waals surface area contributed by atoms with Crippen molar-refractivity contribution in [2.24, 2.45) is 0 Å². The zero-order valence-electron chi connectivity index (χ0n) is 12.2. The van der Waals surface area contributed by atoms with Gasteiger partial charge in [-0.1, -0.05) is 0 Å². The quantitative estimate of drug-likeness (QED) is 0.386. The minimum Gasteiger partial charge on any atom is -0.493 e. The summed E-state index contributed by atoms with van der Waals surface area (Å²) >= 11 is 4.36. The minimum absolute atomic E-state index is 0.658. The number of thiol groups is 1. The maximum absolute atomic E-state index is 5.38. The van der Waals surface area contributed by atoms with Crippen LogP contribution in [0, 0.1) is 0 Å². The van der Waals surface area contributed by atoms with Crippen LogP contribution >= 0.6 is 12.6 Å². The first kappa shape index (κ1) is 14.8. The van der Waals surface area contributed by atoms with E-state index in [0.717, 1.165) is 48.6 Å². The summed E-state index contributed by atoms with van der Waals surface area (Å²) in [6.07, 6.45) is 3.09. The molecule has 1 aliphatic carbocycles. The lowest BCUT2D eigenvalue weighted by molar-refractivity contribution is 0.354. The first-order valence-corrected chi connectivity index (χ1v) is 7.27. The summed E-state index contributed by atoms with van der Waals surface area (Å²) in [6.45, 7) is 2.84. The van der Waals surface area contributed by atoms with Gasteiger partial charge < -0.3 is 9.47 Å². The van der Waals surface area contributed by atoms with Crippen molar-refractivity contribution in [2.75, 3.05) is 20.8 Å². The van der Waals surface area contributed by atoms with Crippen molar-refractivity contribution >= 4 is 23.5 Å². The SMILES string of the molecule is CCNC(S)=[N+]=C1CCCc2cc(OC)c(OC)cc21. The van der Waals surface area contributed by atoms with Crippen LogP contribution in [0.2, 0.25) is 0 Å². The van der Waals surface area contributed by atoms with E-state index in [2.05, 4.69) is 22.6 Å². The number of aryl methyl sites for hydroxylation is 1. The van der Waals surface area contributed by atoms with Gasteiger partial charge in [0.2, 0.25) is 5.71 Å². The lowest BCUT2D eigenvalue weighted by atomic mass is 9.89. The third kappa shape index (κ3) is 3.11. The number of ether oxygens (including phenoxy) is 2. The van der Waals surface area contributed by atoms with Gasteiger partial charge in [-0.3, -0.25) is 5.32 Å². The molecule has 1 aromatic carbocycles. The van der Waals surface area contributed by atoms with Gasteiger partial charge in [0.1, 0.15) is 0 Å². The largest absolute Gasteiger partial charge is 0.493 e. The first-order valence-electron chi connectivity index (χ1n) is 6.82. The molecule has 1 N–H and O–H groups in total. The highest BCUT2D eigenvalue weighted by atomic mass is 32.1. The van der Waals surface area contributed by atoms with E-state index in [9.17, 15) is 0 Å². The third-order valence-corrected chi connectivity index (χ3v) is 3.61. The van der Waals surface area contributed by atoms with Gasteiger partial charge in [0, 0.05) is 12.0 Å². The fourth-order valence-electron chi connectivity index (χ4n) is 2.42. The summed E-state index contributed by atoms with van der Waals surface area (Å²) < 4.78 is 15.3. The van der Waals surface area contributed by atoms with Crippen LogP contribution in [0.25, 0.3) is 0 Å². The Kier molecular flexibility index (Phi) is 4.99. The molecule has 2 rings (SSSR count). The van der Waals surface area contributed by atoms with Gasteiger partial charge in [0.15, 0.2) is 11.5 Å². The molecule has 0 amide bonds. The molecule has 5 heteroatoms. The average molecular weight is 293 g/mol. The van der Waals surface area contributed by atoms with E-state index in [1.807, 2.05) is 19.1 Å². The second-order valence-corrected chi connectivity index (χ2v) is 5.05. The Balaban J connectivity index is 2.53. The maximum Gasteiger partial charge on any atom is 0.401 e. The van der Waals surface area contributed by atoms with Crippen molar-refractivity contribution in [3.05, 3.63) is 23.3 Å². The van der Waals surface area contributed by atoms with Crippen LogP contribution in [0.5, 0.6) is 11.5 Å². The lowest BCUT2D eigenvalue weighted by Gasteiger charge is -2.17. The first-order chi connectivity index (χ1) is 9.69. The molecule has 4 nitrogen and oxygen atoms in total. The van der Waals surface area contributed by atoms with E-state index in [4.69, 9.17) is 9.47 Å².